The Morgan fingerprint density at radius 3 is 2.78 bits per heavy atom. The smallest absolute Gasteiger partial charge is 0.279 e. The molecule has 118 valence electrons. The molecule has 8 heteroatoms. The van der Waals surface area contributed by atoms with E-state index in [4.69, 9.17) is 4.74 Å². The Labute approximate surface area is 135 Å². The molecular weight excluding hydrogens is 318 g/mol. The summed E-state index contributed by atoms with van der Waals surface area (Å²) in [5.41, 5.74) is 5.13. The molecule has 3 amide bonds. The molecule has 0 aliphatic carbocycles. The fraction of sp³-hybridized carbons (Fsp3) is 0.133. The van der Waals surface area contributed by atoms with Gasteiger partial charge in [0.1, 0.15) is 5.75 Å². The number of ether oxygens (including phenoxy) is 1. The van der Waals surface area contributed by atoms with Gasteiger partial charge in [0.2, 0.25) is 5.91 Å². The number of hydrogen-bond acceptors (Lipinski definition) is 5. The second-order valence-corrected chi connectivity index (χ2v) is 5.72. The lowest BCUT2D eigenvalue weighted by atomic mass is 10.1. The van der Waals surface area contributed by atoms with E-state index in [9.17, 15) is 14.4 Å². The molecule has 0 saturated heterocycles. The molecule has 1 aliphatic rings. The molecule has 1 aromatic carbocycles. The molecule has 0 fully saturated rings. The summed E-state index contributed by atoms with van der Waals surface area (Å²) < 4.78 is 5.51. The van der Waals surface area contributed by atoms with Crippen molar-refractivity contribution in [2.75, 3.05) is 5.32 Å². The number of nitrogens with one attached hydrogen (secondary N) is 3. The van der Waals surface area contributed by atoms with Crippen molar-refractivity contribution in [1.29, 1.82) is 0 Å². The first kappa shape index (κ1) is 15.0. The van der Waals surface area contributed by atoms with Gasteiger partial charge in [-0.15, -0.1) is 11.3 Å². The molecule has 3 rings (SSSR count). The maximum atomic E-state index is 11.9. The minimum atomic E-state index is -0.941. The number of fused-ring (bicyclic) bond motifs is 1. The van der Waals surface area contributed by atoms with E-state index in [2.05, 4.69) is 16.2 Å². The molecule has 0 radical (unpaired) electrons. The van der Waals surface area contributed by atoms with Crippen molar-refractivity contribution in [2.45, 2.75) is 12.5 Å². The molecule has 1 aliphatic heterocycles. The average Bonchev–Trinajstić information content (AvgIpc) is 3.08. The minimum absolute atomic E-state index is 0.203. The zero-order valence-corrected chi connectivity index (χ0v) is 12.7. The quantitative estimate of drug-likeness (QED) is 0.739. The maximum Gasteiger partial charge on any atom is 0.279 e. The monoisotopic (exact) mass is 331 g/mol. The van der Waals surface area contributed by atoms with Crippen LogP contribution < -0.4 is 20.9 Å². The van der Waals surface area contributed by atoms with Crippen LogP contribution in [0.5, 0.6) is 5.75 Å². The molecule has 2 aromatic rings. The van der Waals surface area contributed by atoms with Crippen LogP contribution in [0.4, 0.5) is 5.69 Å². The SMILES string of the molecule is O=C(C[C@@H]1Oc2ccccc2NC1=O)NNC(=O)c1cccs1. The number of anilines is 1. The van der Waals surface area contributed by atoms with Crippen LogP contribution in [0.1, 0.15) is 16.1 Å². The molecule has 1 atom stereocenters. The van der Waals surface area contributed by atoms with Crippen LogP contribution in [0.3, 0.4) is 0 Å². The Balaban J connectivity index is 1.54. The van der Waals surface area contributed by atoms with Crippen molar-refractivity contribution in [3.05, 3.63) is 46.7 Å². The molecule has 3 N–H and O–H groups in total. The van der Waals surface area contributed by atoms with Crippen molar-refractivity contribution in [3.8, 4) is 5.75 Å². The third-order valence-corrected chi connectivity index (χ3v) is 4.01. The van der Waals surface area contributed by atoms with Crippen LogP contribution in [0.2, 0.25) is 0 Å². The van der Waals surface area contributed by atoms with E-state index >= 15 is 0 Å². The van der Waals surface area contributed by atoms with Crippen LogP contribution in [-0.2, 0) is 9.59 Å². The Morgan fingerprint density at radius 1 is 1.17 bits per heavy atom. The molecular formula is C15H13N3O4S. The Bertz CT molecular complexity index is 745. The van der Waals surface area contributed by atoms with Gasteiger partial charge in [-0.25, -0.2) is 0 Å². The Hall–Kier alpha value is -2.87. The second-order valence-electron chi connectivity index (χ2n) is 4.78. The Morgan fingerprint density at radius 2 is 2.00 bits per heavy atom. The summed E-state index contributed by atoms with van der Waals surface area (Å²) in [5.74, 6) is -0.821. The van der Waals surface area contributed by atoms with Crippen LogP contribution >= 0.6 is 11.3 Å². The molecule has 23 heavy (non-hydrogen) atoms. The molecule has 1 aromatic heterocycles. The largest absolute Gasteiger partial charge is 0.478 e. The van der Waals surface area contributed by atoms with E-state index in [0.717, 1.165) is 0 Å². The van der Waals surface area contributed by atoms with Crippen LogP contribution in [0.25, 0.3) is 0 Å². The first-order valence-corrected chi connectivity index (χ1v) is 7.70. The number of rotatable bonds is 3. The van der Waals surface area contributed by atoms with Gasteiger partial charge < -0.3 is 10.1 Å². The summed E-state index contributed by atoms with van der Waals surface area (Å²) in [6.45, 7) is 0. The molecule has 7 nitrogen and oxygen atoms in total. The predicted octanol–water partition coefficient (Wildman–Crippen LogP) is 1.30. The lowest BCUT2D eigenvalue weighted by Gasteiger charge is -2.25. The fourth-order valence-electron chi connectivity index (χ4n) is 2.04. The van der Waals surface area contributed by atoms with Gasteiger partial charge in [0.25, 0.3) is 11.8 Å². The van der Waals surface area contributed by atoms with E-state index < -0.39 is 23.8 Å². The van der Waals surface area contributed by atoms with Crippen LogP contribution in [0.15, 0.2) is 41.8 Å². The molecule has 0 spiro atoms. The van der Waals surface area contributed by atoms with Crippen molar-refractivity contribution < 1.29 is 19.1 Å². The fourth-order valence-corrected chi connectivity index (χ4v) is 2.66. The number of para-hydroxylation sites is 2. The average molecular weight is 331 g/mol. The van der Waals surface area contributed by atoms with E-state index in [1.165, 1.54) is 11.3 Å². The lowest BCUT2D eigenvalue weighted by molar-refractivity contribution is -0.130. The van der Waals surface area contributed by atoms with E-state index in [-0.39, 0.29) is 6.42 Å². The summed E-state index contributed by atoms with van der Waals surface area (Å²) >= 11 is 1.26. The maximum absolute atomic E-state index is 11.9. The molecule has 2 heterocycles. The summed E-state index contributed by atoms with van der Waals surface area (Å²) in [4.78, 5) is 36.0. The highest BCUT2D eigenvalue weighted by molar-refractivity contribution is 7.12. The number of hydrazine groups is 1. The van der Waals surface area contributed by atoms with Crippen LogP contribution in [-0.4, -0.2) is 23.8 Å². The Kier molecular flexibility index (Phi) is 4.24. The van der Waals surface area contributed by atoms with E-state index in [1.807, 2.05) is 0 Å². The first-order chi connectivity index (χ1) is 11.1. The second kappa shape index (κ2) is 6.49. The highest BCUT2D eigenvalue weighted by atomic mass is 32.1. The van der Waals surface area contributed by atoms with E-state index in [1.54, 1.807) is 41.8 Å². The van der Waals surface area contributed by atoms with Gasteiger partial charge in [-0.1, -0.05) is 18.2 Å². The van der Waals surface area contributed by atoms with Gasteiger partial charge in [0.15, 0.2) is 6.10 Å². The number of benzene rings is 1. The number of amides is 3. The highest BCUT2D eigenvalue weighted by Crippen LogP contribution is 2.29. The van der Waals surface area contributed by atoms with Crippen molar-refractivity contribution in [3.63, 3.8) is 0 Å². The summed E-state index contributed by atoms with van der Waals surface area (Å²) in [6.07, 6.45) is -1.14. The summed E-state index contributed by atoms with van der Waals surface area (Å²) in [5, 5.41) is 4.43. The summed E-state index contributed by atoms with van der Waals surface area (Å²) in [7, 11) is 0. The third-order valence-electron chi connectivity index (χ3n) is 3.14. The van der Waals surface area contributed by atoms with Crippen LogP contribution in [0, 0.1) is 0 Å². The normalized spacial score (nSPS) is 15.8. The zero-order valence-electron chi connectivity index (χ0n) is 11.9. The zero-order chi connectivity index (χ0) is 16.2. The summed E-state index contributed by atoms with van der Waals surface area (Å²) in [6, 6.07) is 10.3. The minimum Gasteiger partial charge on any atom is -0.478 e. The van der Waals surface area contributed by atoms with Gasteiger partial charge in [-0.05, 0) is 23.6 Å². The third kappa shape index (κ3) is 3.49. The number of hydrogen-bond donors (Lipinski definition) is 3. The van der Waals surface area contributed by atoms with Gasteiger partial charge >= 0.3 is 0 Å². The molecule has 0 unspecified atom stereocenters. The topological polar surface area (TPSA) is 96.5 Å². The van der Waals surface area contributed by atoms with Crippen molar-refractivity contribution in [1.82, 2.24) is 10.9 Å². The van der Waals surface area contributed by atoms with Gasteiger partial charge in [-0.3, -0.25) is 25.2 Å². The van der Waals surface area contributed by atoms with Gasteiger partial charge in [-0.2, -0.15) is 0 Å². The first-order valence-electron chi connectivity index (χ1n) is 6.83. The number of carbonyl (C=O) groups is 3. The van der Waals surface area contributed by atoms with Gasteiger partial charge in [0, 0.05) is 0 Å². The number of carbonyl (C=O) groups excluding carboxylic acids is 3. The number of thiophene rings is 1. The van der Waals surface area contributed by atoms with Crippen molar-refractivity contribution >= 4 is 34.7 Å². The highest BCUT2D eigenvalue weighted by Gasteiger charge is 2.29. The lowest BCUT2D eigenvalue weighted by Crippen LogP contribution is -2.46. The molecule has 0 bridgehead atoms. The van der Waals surface area contributed by atoms with E-state index in [0.29, 0.717) is 16.3 Å². The molecule has 0 saturated carbocycles. The van der Waals surface area contributed by atoms with Gasteiger partial charge in [0.05, 0.1) is 17.0 Å². The van der Waals surface area contributed by atoms with Crippen molar-refractivity contribution in [2.24, 2.45) is 0 Å². The standard InChI is InChI=1S/C15H13N3O4S/c19-13(17-18-15(21)12-6-3-7-23-12)8-11-14(20)16-9-4-1-2-5-10(9)22-11/h1-7,11H,8H2,(H,16,20)(H,17,19)(H,18,21)/t11-/m0/s1. The predicted molar refractivity (Wildman–Crippen MR) is 84.0 cm³/mol.